The molecule has 4 nitrogen and oxygen atoms in total. The maximum absolute atomic E-state index is 11.8. The Labute approximate surface area is 157 Å². The lowest BCUT2D eigenvalue weighted by atomic mass is 9.92. The number of aryl methyl sites for hydroxylation is 2. The van der Waals surface area contributed by atoms with Gasteiger partial charge in [0, 0.05) is 10.9 Å². The van der Waals surface area contributed by atoms with E-state index in [4.69, 9.17) is 0 Å². The van der Waals surface area contributed by atoms with Gasteiger partial charge in [0.05, 0.1) is 11.4 Å². The molecular weight excluding hydrogens is 344 g/mol. The molecule has 4 rings (SSSR count). The number of hydrogen-bond acceptors (Lipinski definition) is 3. The van der Waals surface area contributed by atoms with E-state index in [1.807, 2.05) is 16.8 Å². The zero-order valence-electron chi connectivity index (χ0n) is 15.2. The molecule has 3 heterocycles. The van der Waals surface area contributed by atoms with Gasteiger partial charge in [-0.15, -0.1) is 0 Å². The predicted molar refractivity (Wildman–Crippen MR) is 105 cm³/mol. The van der Waals surface area contributed by atoms with Gasteiger partial charge in [-0.05, 0) is 66.3 Å². The van der Waals surface area contributed by atoms with Gasteiger partial charge in [-0.2, -0.15) is 11.3 Å². The number of fused-ring (bicyclic) bond motifs is 3. The van der Waals surface area contributed by atoms with E-state index in [2.05, 4.69) is 42.5 Å². The normalized spacial score (nSPS) is 12.9. The quantitative estimate of drug-likeness (QED) is 0.714. The minimum atomic E-state index is -0.951. The van der Waals surface area contributed by atoms with Gasteiger partial charge in [0.2, 0.25) is 0 Å². The molecular formula is C21H22N2O2S. The van der Waals surface area contributed by atoms with Crippen molar-refractivity contribution in [3.63, 3.8) is 0 Å². The van der Waals surface area contributed by atoms with E-state index in [0.29, 0.717) is 12.3 Å². The Kier molecular flexibility index (Phi) is 4.19. The summed E-state index contributed by atoms with van der Waals surface area (Å²) in [7, 11) is 0. The number of hydrogen-bond donors (Lipinski definition) is 1. The van der Waals surface area contributed by atoms with Crippen LogP contribution in [0, 0.1) is 12.8 Å². The smallest absolute Gasteiger partial charge is 0.356 e. The molecule has 1 aliphatic rings. The molecule has 1 aromatic carbocycles. The molecule has 134 valence electrons. The molecule has 2 aromatic heterocycles. The Morgan fingerprint density at radius 1 is 1.35 bits per heavy atom. The average molecular weight is 366 g/mol. The monoisotopic (exact) mass is 366 g/mol. The van der Waals surface area contributed by atoms with Crippen LogP contribution in [0.2, 0.25) is 0 Å². The highest BCUT2D eigenvalue weighted by atomic mass is 32.1. The van der Waals surface area contributed by atoms with Crippen LogP contribution in [0.15, 0.2) is 29.0 Å². The molecule has 1 N–H and O–H groups in total. The van der Waals surface area contributed by atoms with Gasteiger partial charge in [-0.3, -0.25) is 4.57 Å². The van der Waals surface area contributed by atoms with E-state index < -0.39 is 5.97 Å². The Balaban J connectivity index is 1.97. The van der Waals surface area contributed by atoms with Crippen LogP contribution in [0.5, 0.6) is 0 Å². The molecule has 0 atom stereocenters. The maximum atomic E-state index is 11.8. The average Bonchev–Trinajstić information content (AvgIpc) is 3.21. The highest BCUT2D eigenvalue weighted by Crippen LogP contribution is 2.35. The van der Waals surface area contributed by atoms with Gasteiger partial charge in [0.15, 0.2) is 5.69 Å². The van der Waals surface area contributed by atoms with Gasteiger partial charge in [-0.1, -0.05) is 19.9 Å². The van der Waals surface area contributed by atoms with Crippen molar-refractivity contribution in [3.05, 3.63) is 57.0 Å². The molecule has 0 bridgehead atoms. The van der Waals surface area contributed by atoms with Crippen molar-refractivity contribution in [1.82, 2.24) is 9.55 Å². The Morgan fingerprint density at radius 3 is 2.81 bits per heavy atom. The zero-order chi connectivity index (χ0) is 18.4. The summed E-state index contributed by atoms with van der Waals surface area (Å²) < 4.78 is 2.08. The number of carbonyl (C=O) groups is 1. The van der Waals surface area contributed by atoms with Crippen molar-refractivity contribution in [2.45, 2.75) is 40.0 Å². The van der Waals surface area contributed by atoms with Crippen molar-refractivity contribution >= 4 is 17.3 Å². The van der Waals surface area contributed by atoms with Crippen molar-refractivity contribution in [2.75, 3.05) is 0 Å². The standard InChI is InChI=1S/C21H22N2O2S/c1-12(2)8-16-10-18-14(9-13(16)3)4-5-17-19(21(24)25)22-20(23(17)18)15-6-7-26-11-15/h6-7,9-12H,4-5,8H2,1-3H3,(H,24,25). The van der Waals surface area contributed by atoms with Crippen LogP contribution in [0.1, 0.15) is 46.7 Å². The third-order valence-electron chi connectivity index (χ3n) is 4.99. The molecule has 0 spiro atoms. The third-order valence-corrected chi connectivity index (χ3v) is 5.68. The fourth-order valence-corrected chi connectivity index (χ4v) is 4.46. The van der Waals surface area contributed by atoms with Crippen LogP contribution >= 0.6 is 11.3 Å². The summed E-state index contributed by atoms with van der Waals surface area (Å²) in [6.07, 6.45) is 2.57. The van der Waals surface area contributed by atoms with Crippen molar-refractivity contribution in [1.29, 1.82) is 0 Å². The van der Waals surface area contributed by atoms with Gasteiger partial charge < -0.3 is 5.11 Å². The minimum absolute atomic E-state index is 0.183. The van der Waals surface area contributed by atoms with Gasteiger partial charge >= 0.3 is 5.97 Å². The molecule has 5 heteroatoms. The molecule has 26 heavy (non-hydrogen) atoms. The summed E-state index contributed by atoms with van der Waals surface area (Å²) in [6.45, 7) is 6.62. The van der Waals surface area contributed by atoms with E-state index in [9.17, 15) is 9.90 Å². The van der Waals surface area contributed by atoms with Crippen LogP contribution in [0.4, 0.5) is 0 Å². The highest BCUT2D eigenvalue weighted by Gasteiger charge is 2.28. The first-order chi connectivity index (χ1) is 12.5. The van der Waals surface area contributed by atoms with E-state index in [1.165, 1.54) is 16.7 Å². The fourth-order valence-electron chi connectivity index (χ4n) is 3.82. The summed E-state index contributed by atoms with van der Waals surface area (Å²) in [5.74, 6) is 0.357. The van der Waals surface area contributed by atoms with Crippen LogP contribution in [-0.2, 0) is 19.3 Å². The summed E-state index contributed by atoms with van der Waals surface area (Å²) in [6, 6.07) is 6.52. The van der Waals surface area contributed by atoms with E-state index in [-0.39, 0.29) is 5.69 Å². The van der Waals surface area contributed by atoms with Crippen molar-refractivity contribution in [3.8, 4) is 17.1 Å². The largest absolute Gasteiger partial charge is 0.476 e. The second-order valence-electron chi connectivity index (χ2n) is 7.39. The Bertz CT molecular complexity index is 984. The first-order valence-corrected chi connectivity index (χ1v) is 9.90. The second kappa shape index (κ2) is 6.40. The predicted octanol–water partition coefficient (Wildman–Crippen LogP) is 4.90. The third kappa shape index (κ3) is 2.76. The van der Waals surface area contributed by atoms with Gasteiger partial charge in [-0.25, -0.2) is 9.78 Å². The summed E-state index contributed by atoms with van der Waals surface area (Å²) in [5, 5.41) is 13.7. The fraction of sp³-hybridized carbons (Fsp3) is 0.333. The molecule has 1 aliphatic heterocycles. The summed E-state index contributed by atoms with van der Waals surface area (Å²) in [5.41, 5.74) is 6.97. The molecule has 3 aromatic rings. The Hall–Kier alpha value is -2.40. The van der Waals surface area contributed by atoms with Crippen molar-refractivity contribution in [2.24, 2.45) is 5.92 Å². The second-order valence-corrected chi connectivity index (χ2v) is 8.17. The maximum Gasteiger partial charge on any atom is 0.356 e. The van der Waals surface area contributed by atoms with E-state index >= 15 is 0 Å². The molecule has 0 saturated heterocycles. The number of thiophene rings is 1. The molecule has 0 unspecified atom stereocenters. The van der Waals surface area contributed by atoms with Crippen LogP contribution < -0.4 is 0 Å². The highest BCUT2D eigenvalue weighted by molar-refractivity contribution is 7.08. The lowest BCUT2D eigenvalue weighted by Crippen LogP contribution is -2.16. The number of aromatic nitrogens is 2. The lowest BCUT2D eigenvalue weighted by molar-refractivity contribution is 0.0689. The SMILES string of the molecule is Cc1cc2c(cc1CC(C)C)-n1c(-c3ccsc3)nc(C(=O)O)c1CC2. The van der Waals surface area contributed by atoms with Crippen LogP contribution in [0.25, 0.3) is 17.1 Å². The number of nitrogens with zero attached hydrogens (tertiary/aromatic N) is 2. The summed E-state index contributed by atoms with van der Waals surface area (Å²) >= 11 is 1.60. The molecule has 0 fully saturated rings. The zero-order valence-corrected chi connectivity index (χ0v) is 16.1. The lowest BCUT2D eigenvalue weighted by Gasteiger charge is -2.23. The van der Waals surface area contributed by atoms with Crippen LogP contribution in [0.3, 0.4) is 0 Å². The minimum Gasteiger partial charge on any atom is -0.476 e. The molecule has 0 aliphatic carbocycles. The van der Waals surface area contributed by atoms with Crippen molar-refractivity contribution < 1.29 is 9.90 Å². The number of carboxylic acid groups (broad SMARTS) is 1. The molecule has 0 amide bonds. The van der Waals surface area contributed by atoms with Crippen LogP contribution in [-0.4, -0.2) is 20.6 Å². The first kappa shape index (κ1) is 17.0. The number of imidazole rings is 1. The van der Waals surface area contributed by atoms with E-state index in [0.717, 1.165) is 35.6 Å². The van der Waals surface area contributed by atoms with Gasteiger partial charge in [0.1, 0.15) is 5.82 Å². The topological polar surface area (TPSA) is 55.1 Å². The number of aromatic carboxylic acids is 1. The molecule has 0 saturated carbocycles. The Morgan fingerprint density at radius 2 is 2.15 bits per heavy atom. The number of carboxylic acids is 1. The number of benzene rings is 1. The first-order valence-electron chi connectivity index (χ1n) is 8.96. The molecule has 0 radical (unpaired) electrons. The number of rotatable bonds is 4. The van der Waals surface area contributed by atoms with Gasteiger partial charge in [0.25, 0.3) is 0 Å². The summed E-state index contributed by atoms with van der Waals surface area (Å²) in [4.78, 5) is 16.3. The van der Waals surface area contributed by atoms with E-state index in [1.54, 1.807) is 11.3 Å².